The van der Waals surface area contributed by atoms with Crippen LogP contribution in [0.25, 0.3) is 11.0 Å². The van der Waals surface area contributed by atoms with E-state index in [2.05, 4.69) is 10.2 Å². The number of para-hydroxylation sites is 2. The number of aromatic nitrogens is 2. The Morgan fingerprint density at radius 2 is 1.47 bits per heavy atom. The fourth-order valence-corrected chi connectivity index (χ4v) is 7.68. The third-order valence-corrected chi connectivity index (χ3v) is 9.46. The molecule has 2 aromatic rings. The van der Waals surface area contributed by atoms with Crippen LogP contribution in [0.4, 0.5) is 5.82 Å². The minimum absolute atomic E-state index is 0.0357. The Bertz CT molecular complexity index is 1260. The predicted molar refractivity (Wildman–Crippen MR) is 167 cm³/mol. The van der Waals surface area contributed by atoms with Crippen LogP contribution in [0, 0.1) is 0 Å². The van der Waals surface area contributed by atoms with Crippen molar-refractivity contribution in [3.63, 3.8) is 0 Å². The van der Waals surface area contributed by atoms with Crippen molar-refractivity contribution >= 4 is 28.8 Å². The van der Waals surface area contributed by atoms with E-state index in [0.717, 1.165) is 23.9 Å². The van der Waals surface area contributed by atoms with Gasteiger partial charge in [-0.2, -0.15) is 0 Å². The first-order chi connectivity index (χ1) is 21.0. The van der Waals surface area contributed by atoms with E-state index in [1.165, 1.54) is 57.8 Å². The van der Waals surface area contributed by atoms with Crippen LogP contribution in [0.5, 0.6) is 0 Å². The van der Waals surface area contributed by atoms with E-state index in [-0.39, 0.29) is 37.9 Å². The normalized spacial score (nSPS) is 23.2. The van der Waals surface area contributed by atoms with Crippen molar-refractivity contribution < 1.29 is 19.1 Å². The summed E-state index contributed by atoms with van der Waals surface area (Å²) < 4.78 is 12.2. The maximum atomic E-state index is 14.0. The minimum atomic E-state index is -0.404. The number of nitrogens with one attached hydrogen (secondary N) is 1. The molecule has 0 spiro atoms. The second-order valence-electron chi connectivity index (χ2n) is 12.3. The lowest BCUT2D eigenvalue weighted by molar-refractivity contribution is -0.148. The van der Waals surface area contributed by atoms with E-state index in [0.29, 0.717) is 37.0 Å². The first-order valence-corrected chi connectivity index (χ1v) is 16.5. The van der Waals surface area contributed by atoms with Crippen molar-refractivity contribution in [2.45, 2.75) is 109 Å². The van der Waals surface area contributed by atoms with E-state index in [1.807, 2.05) is 28.8 Å². The lowest BCUT2D eigenvalue weighted by Gasteiger charge is -2.45. The number of anilines is 1. The van der Waals surface area contributed by atoms with Crippen molar-refractivity contribution in [1.29, 1.82) is 0 Å². The minimum Gasteiger partial charge on any atom is -0.465 e. The molecule has 1 N–H and O–H groups in total. The molecule has 0 amide bonds. The molecule has 10 nitrogen and oxygen atoms in total. The van der Waals surface area contributed by atoms with Gasteiger partial charge in [0.1, 0.15) is 0 Å². The Morgan fingerprint density at radius 3 is 2.09 bits per heavy atom. The summed E-state index contributed by atoms with van der Waals surface area (Å²) in [4.78, 5) is 47.6. The maximum Gasteiger partial charge on any atom is 0.320 e. The van der Waals surface area contributed by atoms with Gasteiger partial charge in [0.15, 0.2) is 5.82 Å². The summed E-state index contributed by atoms with van der Waals surface area (Å²) in [7, 11) is 0. The van der Waals surface area contributed by atoms with Crippen molar-refractivity contribution in [2.24, 2.45) is 0 Å². The van der Waals surface area contributed by atoms with Crippen LogP contribution in [-0.2, 0) is 19.1 Å². The zero-order valence-corrected chi connectivity index (χ0v) is 26.0. The molecule has 43 heavy (non-hydrogen) atoms. The molecule has 2 aliphatic heterocycles. The van der Waals surface area contributed by atoms with Crippen molar-refractivity contribution in [3.8, 4) is 0 Å². The van der Waals surface area contributed by atoms with E-state index in [4.69, 9.17) is 14.5 Å². The number of piperidine rings is 1. The third kappa shape index (κ3) is 7.76. The average Bonchev–Trinajstić information content (AvgIpc) is 3.22. The van der Waals surface area contributed by atoms with Gasteiger partial charge in [0, 0.05) is 37.3 Å². The molecule has 1 aromatic heterocycles. The average molecular weight is 596 g/mol. The highest BCUT2D eigenvalue weighted by molar-refractivity contribution is 5.76. The number of benzene rings is 1. The van der Waals surface area contributed by atoms with Crippen LogP contribution in [0.15, 0.2) is 29.1 Å². The number of esters is 2. The number of carbonyl (C=O) groups excluding carboxylic acids is 2. The van der Waals surface area contributed by atoms with Gasteiger partial charge in [-0.1, -0.05) is 44.2 Å². The van der Waals surface area contributed by atoms with E-state index < -0.39 is 11.9 Å². The van der Waals surface area contributed by atoms with Gasteiger partial charge < -0.3 is 19.4 Å². The summed E-state index contributed by atoms with van der Waals surface area (Å²) in [6.07, 6.45) is 13.8. The topological polar surface area (TPSA) is 106 Å². The molecule has 2 bridgehead atoms. The van der Waals surface area contributed by atoms with Crippen molar-refractivity contribution in [1.82, 2.24) is 19.4 Å². The Hall–Kier alpha value is -2.98. The molecule has 3 atom stereocenters. The Balaban J connectivity index is 1.32. The molecule has 3 fully saturated rings. The number of hydrogen-bond donors (Lipinski definition) is 1. The van der Waals surface area contributed by atoms with Gasteiger partial charge in [-0.25, -0.2) is 4.98 Å². The Kier molecular flexibility index (Phi) is 11.1. The summed E-state index contributed by atoms with van der Waals surface area (Å²) in [6.45, 7) is 4.65. The molecule has 3 heterocycles. The van der Waals surface area contributed by atoms with Gasteiger partial charge in [-0.15, -0.1) is 0 Å². The highest BCUT2D eigenvalue weighted by atomic mass is 16.5. The summed E-state index contributed by atoms with van der Waals surface area (Å²) in [5, 5.41) is 3.24. The zero-order valence-electron chi connectivity index (χ0n) is 26.0. The zero-order chi connectivity index (χ0) is 30.2. The molecular weight excluding hydrogens is 546 g/mol. The second-order valence-corrected chi connectivity index (χ2v) is 12.3. The smallest absolute Gasteiger partial charge is 0.320 e. The van der Waals surface area contributed by atoms with Gasteiger partial charge in [0.25, 0.3) is 5.56 Å². The van der Waals surface area contributed by atoms with Gasteiger partial charge in [0.2, 0.25) is 0 Å². The molecule has 236 valence electrons. The highest BCUT2D eigenvalue weighted by Crippen LogP contribution is 2.44. The number of fused-ring (bicyclic) bond motifs is 3. The van der Waals surface area contributed by atoms with Crippen molar-refractivity contribution in [2.75, 3.05) is 44.7 Å². The van der Waals surface area contributed by atoms with E-state index in [9.17, 15) is 14.4 Å². The number of hydrogen-bond acceptors (Lipinski definition) is 9. The van der Waals surface area contributed by atoms with Gasteiger partial charge >= 0.3 is 11.9 Å². The summed E-state index contributed by atoms with van der Waals surface area (Å²) in [5.41, 5.74) is 1.56. The number of rotatable bonds is 12. The quantitative estimate of drug-likeness (QED) is 0.355. The summed E-state index contributed by atoms with van der Waals surface area (Å²) >= 11 is 0. The SMILES string of the molecule is CCOC(=O)CN(CCNc1nc2ccccc2n(C2C[C@H]3CC[C@@H](C2)N3C2CCCCCCC2)c1=O)CC(=O)OCC. The highest BCUT2D eigenvalue weighted by Gasteiger charge is 2.44. The standard InChI is InChI=1S/C33H49N5O5/c1-3-42-30(39)22-36(23-31(40)43-4-2)19-18-34-32-33(41)38(29-15-11-10-14-28(29)35-32)27-20-25-16-17-26(21-27)37(25)24-12-8-6-5-7-9-13-24/h10-11,14-15,24-27H,3-9,12-13,16-23H2,1-2H3,(H,34,35)/t25-,26+,27?. The summed E-state index contributed by atoms with van der Waals surface area (Å²) in [5.74, 6) is -0.502. The molecule has 5 rings (SSSR count). The van der Waals surface area contributed by atoms with Gasteiger partial charge in [-0.05, 0) is 64.5 Å². The van der Waals surface area contributed by atoms with Crippen LogP contribution in [-0.4, -0.2) is 88.8 Å². The molecule has 10 heteroatoms. The summed E-state index contributed by atoms with van der Waals surface area (Å²) in [6, 6.07) is 9.79. The van der Waals surface area contributed by atoms with Crippen molar-refractivity contribution in [3.05, 3.63) is 34.6 Å². The molecule has 1 aromatic carbocycles. The number of carbonyl (C=O) groups is 2. The molecule has 0 radical (unpaired) electrons. The van der Waals surface area contributed by atoms with E-state index >= 15 is 0 Å². The predicted octanol–water partition coefficient (Wildman–Crippen LogP) is 4.52. The van der Waals surface area contributed by atoms with Crippen LogP contribution >= 0.6 is 0 Å². The lowest BCUT2D eigenvalue weighted by atomic mass is 9.89. The molecule has 1 unspecified atom stereocenters. The fourth-order valence-electron chi connectivity index (χ4n) is 7.68. The van der Waals surface area contributed by atoms with Crippen LogP contribution < -0.4 is 10.9 Å². The first-order valence-electron chi connectivity index (χ1n) is 16.5. The lowest BCUT2D eigenvalue weighted by Crippen LogP contribution is -2.50. The molecule has 3 aliphatic rings. The maximum absolute atomic E-state index is 14.0. The van der Waals surface area contributed by atoms with Gasteiger partial charge in [0.05, 0.1) is 37.3 Å². The third-order valence-electron chi connectivity index (χ3n) is 9.46. The second kappa shape index (κ2) is 15.1. The molecular formula is C33H49N5O5. The van der Waals surface area contributed by atoms with Crippen LogP contribution in [0.3, 0.4) is 0 Å². The Labute approximate surface area is 255 Å². The first kappa shape index (κ1) is 31.4. The monoisotopic (exact) mass is 595 g/mol. The molecule has 1 saturated carbocycles. The number of nitrogens with zero attached hydrogens (tertiary/aromatic N) is 4. The van der Waals surface area contributed by atoms with E-state index in [1.54, 1.807) is 18.7 Å². The van der Waals surface area contributed by atoms with Crippen LogP contribution in [0.2, 0.25) is 0 Å². The van der Waals surface area contributed by atoms with Crippen LogP contribution in [0.1, 0.15) is 90.5 Å². The fraction of sp³-hybridized carbons (Fsp3) is 0.697. The Morgan fingerprint density at radius 1 is 0.860 bits per heavy atom. The molecule has 2 saturated heterocycles. The molecule has 1 aliphatic carbocycles. The largest absolute Gasteiger partial charge is 0.465 e. The van der Waals surface area contributed by atoms with Gasteiger partial charge in [-0.3, -0.25) is 24.2 Å². The number of ether oxygens (including phenoxy) is 2.